The number of hydrogen-bond acceptors (Lipinski definition) is 5. The lowest BCUT2D eigenvalue weighted by molar-refractivity contribution is 0.0195. The van der Waals surface area contributed by atoms with Gasteiger partial charge in [-0.3, -0.25) is 4.90 Å². The molecule has 26 heavy (non-hydrogen) atoms. The standard InChI is InChI=1S/C19H21N3O4/c1-19(2,3)26-18(24)22-7-6-21-9-15(20-16(21)10-22)12-4-5-14-13(8-12)11-25-17(14)23/h4-5,8-9H,6-7,10-11H2,1-3H3. The molecule has 7 heteroatoms. The Morgan fingerprint density at radius 1 is 1.27 bits per heavy atom. The van der Waals surface area contributed by atoms with Crippen LogP contribution in [0, 0.1) is 0 Å². The number of nitrogens with zero attached hydrogens (tertiary/aromatic N) is 3. The third kappa shape index (κ3) is 3.05. The van der Waals surface area contributed by atoms with E-state index in [-0.39, 0.29) is 12.1 Å². The molecule has 0 aliphatic carbocycles. The van der Waals surface area contributed by atoms with Gasteiger partial charge in [-0.25, -0.2) is 14.6 Å². The Balaban J connectivity index is 1.55. The summed E-state index contributed by atoms with van der Waals surface area (Å²) in [5.74, 6) is 0.550. The first-order chi connectivity index (χ1) is 12.3. The van der Waals surface area contributed by atoms with E-state index in [0.29, 0.717) is 31.8 Å². The molecule has 136 valence electrons. The highest BCUT2D eigenvalue weighted by atomic mass is 16.6. The second-order valence-electron chi connectivity index (χ2n) is 7.59. The maximum Gasteiger partial charge on any atom is 0.410 e. The molecular weight excluding hydrogens is 334 g/mol. The molecule has 0 saturated heterocycles. The van der Waals surface area contributed by atoms with Gasteiger partial charge in [-0.15, -0.1) is 0 Å². The lowest BCUT2D eigenvalue weighted by atomic mass is 10.0. The zero-order chi connectivity index (χ0) is 18.5. The van der Waals surface area contributed by atoms with Crippen molar-refractivity contribution in [1.82, 2.24) is 14.5 Å². The van der Waals surface area contributed by atoms with Gasteiger partial charge in [0.2, 0.25) is 0 Å². The van der Waals surface area contributed by atoms with Crippen molar-refractivity contribution in [3.05, 3.63) is 41.3 Å². The minimum atomic E-state index is -0.515. The molecule has 4 rings (SSSR count). The van der Waals surface area contributed by atoms with Crippen LogP contribution in [0.5, 0.6) is 0 Å². The monoisotopic (exact) mass is 355 g/mol. The number of fused-ring (bicyclic) bond motifs is 2. The lowest BCUT2D eigenvalue weighted by Gasteiger charge is -2.30. The van der Waals surface area contributed by atoms with E-state index in [0.717, 1.165) is 22.6 Å². The van der Waals surface area contributed by atoms with Crippen LogP contribution in [-0.4, -0.2) is 38.7 Å². The van der Waals surface area contributed by atoms with Crippen molar-refractivity contribution in [3.63, 3.8) is 0 Å². The van der Waals surface area contributed by atoms with Crippen LogP contribution in [0.1, 0.15) is 42.5 Å². The summed E-state index contributed by atoms with van der Waals surface area (Å²) in [4.78, 5) is 30.2. The highest BCUT2D eigenvalue weighted by Crippen LogP contribution is 2.28. The first kappa shape index (κ1) is 16.6. The molecule has 0 atom stereocenters. The number of esters is 1. The van der Waals surface area contributed by atoms with Gasteiger partial charge in [0.25, 0.3) is 0 Å². The van der Waals surface area contributed by atoms with Crippen molar-refractivity contribution >= 4 is 12.1 Å². The van der Waals surface area contributed by atoms with Gasteiger partial charge in [0.15, 0.2) is 0 Å². The van der Waals surface area contributed by atoms with E-state index < -0.39 is 5.60 Å². The van der Waals surface area contributed by atoms with Crippen molar-refractivity contribution in [2.45, 2.75) is 46.1 Å². The Morgan fingerprint density at radius 2 is 2.08 bits per heavy atom. The van der Waals surface area contributed by atoms with Gasteiger partial charge in [0.1, 0.15) is 18.0 Å². The number of amides is 1. The predicted molar refractivity (Wildman–Crippen MR) is 93.4 cm³/mol. The van der Waals surface area contributed by atoms with E-state index in [9.17, 15) is 9.59 Å². The number of rotatable bonds is 1. The summed E-state index contributed by atoms with van der Waals surface area (Å²) in [5, 5.41) is 0. The minimum absolute atomic E-state index is 0.274. The van der Waals surface area contributed by atoms with E-state index in [2.05, 4.69) is 9.55 Å². The summed E-state index contributed by atoms with van der Waals surface area (Å²) >= 11 is 0. The molecule has 0 unspecified atom stereocenters. The second kappa shape index (κ2) is 5.86. The summed E-state index contributed by atoms with van der Waals surface area (Å²) in [6.45, 7) is 7.56. The molecule has 2 aliphatic heterocycles. The Kier molecular flexibility index (Phi) is 3.75. The maximum atomic E-state index is 12.3. The van der Waals surface area contributed by atoms with Gasteiger partial charge < -0.3 is 14.0 Å². The van der Waals surface area contributed by atoms with Gasteiger partial charge >= 0.3 is 12.1 Å². The maximum absolute atomic E-state index is 12.3. The van der Waals surface area contributed by atoms with Gasteiger partial charge in [0.05, 0.1) is 17.8 Å². The van der Waals surface area contributed by atoms with E-state index in [1.807, 2.05) is 39.1 Å². The van der Waals surface area contributed by atoms with Crippen LogP contribution in [0.15, 0.2) is 24.4 Å². The third-order valence-corrected chi connectivity index (χ3v) is 4.43. The molecular formula is C19H21N3O4. The van der Waals surface area contributed by atoms with Crippen LogP contribution in [0.2, 0.25) is 0 Å². The average molecular weight is 355 g/mol. The first-order valence-corrected chi connectivity index (χ1v) is 8.64. The summed E-state index contributed by atoms with van der Waals surface area (Å²) in [7, 11) is 0. The molecule has 0 spiro atoms. The number of hydrogen-bond donors (Lipinski definition) is 0. The topological polar surface area (TPSA) is 73.7 Å². The highest BCUT2D eigenvalue weighted by Gasteiger charge is 2.27. The Labute approximate surface area is 151 Å². The Morgan fingerprint density at radius 3 is 2.85 bits per heavy atom. The third-order valence-electron chi connectivity index (χ3n) is 4.43. The molecule has 0 bridgehead atoms. The highest BCUT2D eigenvalue weighted by molar-refractivity contribution is 5.94. The summed E-state index contributed by atoms with van der Waals surface area (Å²) in [5.41, 5.74) is 2.75. The van der Waals surface area contributed by atoms with E-state index in [1.165, 1.54) is 0 Å². The number of cyclic esters (lactones) is 1. The van der Waals surface area contributed by atoms with E-state index in [4.69, 9.17) is 9.47 Å². The summed E-state index contributed by atoms with van der Waals surface area (Å²) < 4.78 is 12.6. The van der Waals surface area contributed by atoms with Gasteiger partial charge in [-0.05, 0) is 32.9 Å². The molecule has 2 aromatic rings. The number of benzene rings is 1. The normalized spacial score (nSPS) is 16.1. The van der Waals surface area contributed by atoms with E-state index in [1.54, 1.807) is 11.0 Å². The molecule has 1 aromatic heterocycles. The molecule has 1 aromatic carbocycles. The zero-order valence-electron chi connectivity index (χ0n) is 15.1. The first-order valence-electron chi connectivity index (χ1n) is 8.64. The largest absolute Gasteiger partial charge is 0.457 e. The summed E-state index contributed by atoms with van der Waals surface area (Å²) in [6, 6.07) is 5.61. The number of ether oxygens (including phenoxy) is 2. The Hall–Kier alpha value is -2.83. The van der Waals surface area contributed by atoms with Crippen LogP contribution in [0.4, 0.5) is 4.79 Å². The fraction of sp³-hybridized carbons (Fsp3) is 0.421. The number of aromatic nitrogens is 2. The zero-order valence-corrected chi connectivity index (χ0v) is 15.1. The van der Waals surface area contributed by atoms with Crippen molar-refractivity contribution in [3.8, 4) is 11.3 Å². The molecule has 0 fully saturated rings. The molecule has 0 saturated carbocycles. The quantitative estimate of drug-likeness (QED) is 0.735. The summed E-state index contributed by atoms with van der Waals surface area (Å²) in [6.07, 6.45) is 1.67. The van der Waals surface area contributed by atoms with Crippen LogP contribution < -0.4 is 0 Å². The van der Waals surface area contributed by atoms with Crippen molar-refractivity contribution in [2.24, 2.45) is 0 Å². The molecule has 0 N–H and O–H groups in total. The fourth-order valence-electron chi connectivity index (χ4n) is 3.17. The van der Waals surface area contributed by atoms with Gasteiger partial charge in [-0.1, -0.05) is 6.07 Å². The van der Waals surface area contributed by atoms with Gasteiger partial charge in [-0.2, -0.15) is 0 Å². The predicted octanol–water partition coefficient (Wildman–Crippen LogP) is 2.97. The van der Waals surface area contributed by atoms with Crippen LogP contribution in [-0.2, 0) is 29.2 Å². The molecule has 3 heterocycles. The SMILES string of the molecule is CC(C)(C)OC(=O)N1CCn2cc(-c3ccc4c(c3)COC4=O)nc2C1. The van der Waals surface area contributed by atoms with Gasteiger partial charge in [0, 0.05) is 30.4 Å². The number of carbonyl (C=O) groups is 2. The van der Waals surface area contributed by atoms with Crippen molar-refractivity contribution in [1.29, 1.82) is 0 Å². The van der Waals surface area contributed by atoms with Crippen LogP contribution >= 0.6 is 0 Å². The molecule has 2 aliphatic rings. The lowest BCUT2D eigenvalue weighted by Crippen LogP contribution is -2.41. The molecule has 1 amide bonds. The molecule has 7 nitrogen and oxygen atoms in total. The smallest absolute Gasteiger partial charge is 0.410 e. The average Bonchev–Trinajstić information content (AvgIpc) is 3.16. The fourth-order valence-corrected chi connectivity index (χ4v) is 3.17. The van der Waals surface area contributed by atoms with Crippen molar-refractivity contribution in [2.75, 3.05) is 6.54 Å². The minimum Gasteiger partial charge on any atom is -0.457 e. The van der Waals surface area contributed by atoms with Crippen LogP contribution in [0.3, 0.4) is 0 Å². The van der Waals surface area contributed by atoms with Crippen LogP contribution in [0.25, 0.3) is 11.3 Å². The number of imidazole rings is 1. The van der Waals surface area contributed by atoms with Crippen molar-refractivity contribution < 1.29 is 19.1 Å². The molecule has 0 radical (unpaired) electrons. The number of carbonyl (C=O) groups excluding carboxylic acids is 2. The van der Waals surface area contributed by atoms with E-state index >= 15 is 0 Å². The Bertz CT molecular complexity index is 895. The second-order valence-corrected chi connectivity index (χ2v) is 7.59.